The Labute approximate surface area is 293 Å². The summed E-state index contributed by atoms with van der Waals surface area (Å²) >= 11 is 0. The summed E-state index contributed by atoms with van der Waals surface area (Å²) in [5.74, 6) is 0.0547. The minimum absolute atomic E-state index is 0.0145. The molecule has 0 bridgehead atoms. The Morgan fingerprint density at radius 3 is 2.67 bits per heavy atom. The van der Waals surface area contributed by atoms with Gasteiger partial charge in [-0.3, -0.25) is 14.5 Å². The van der Waals surface area contributed by atoms with Gasteiger partial charge in [0.05, 0.1) is 36.9 Å². The van der Waals surface area contributed by atoms with Crippen molar-refractivity contribution in [2.75, 3.05) is 66.1 Å². The maximum atomic E-state index is 13.1. The van der Waals surface area contributed by atoms with Crippen molar-refractivity contribution in [3.8, 4) is 5.75 Å². The first-order valence-corrected chi connectivity index (χ1v) is 20.6. The van der Waals surface area contributed by atoms with E-state index in [4.69, 9.17) is 13.9 Å². The predicted octanol–water partition coefficient (Wildman–Crippen LogP) is 4.66. The number of nitrogens with one attached hydrogen (secondary N) is 3. The summed E-state index contributed by atoms with van der Waals surface area (Å²) in [6.07, 6.45) is 8.32. The van der Waals surface area contributed by atoms with E-state index in [1.165, 1.54) is 6.07 Å². The molecule has 49 heavy (non-hydrogen) atoms. The number of allylic oxidation sites excluding steroid dienone is 2. The lowest BCUT2D eigenvalue weighted by atomic mass is 9.90. The molecule has 4 rings (SSSR count). The molecule has 1 spiro atoms. The second-order valence-electron chi connectivity index (χ2n) is 14.9. The van der Waals surface area contributed by atoms with Crippen LogP contribution in [0.3, 0.4) is 0 Å². The molecule has 272 valence electrons. The molecule has 2 fully saturated rings. The van der Waals surface area contributed by atoms with Crippen LogP contribution in [0.4, 0.5) is 0 Å². The van der Waals surface area contributed by atoms with Gasteiger partial charge in [-0.15, -0.1) is 0 Å². The number of likely N-dealkylation sites (N-methyl/N-ethyl adjacent to an activating group) is 1. The lowest BCUT2D eigenvalue weighted by molar-refractivity contribution is -0.140. The summed E-state index contributed by atoms with van der Waals surface area (Å²) in [6.45, 7) is 21.1. The van der Waals surface area contributed by atoms with Crippen LogP contribution in [0.1, 0.15) is 58.1 Å². The zero-order valence-electron chi connectivity index (χ0n) is 30.5. The first-order chi connectivity index (χ1) is 23.2. The maximum absolute atomic E-state index is 13.1. The zero-order chi connectivity index (χ0) is 35.7. The molecular formula is C37H59N5O6Si. The van der Waals surface area contributed by atoms with Gasteiger partial charge in [-0.1, -0.05) is 51.6 Å². The van der Waals surface area contributed by atoms with Gasteiger partial charge >= 0.3 is 0 Å². The van der Waals surface area contributed by atoms with Crippen LogP contribution >= 0.6 is 0 Å². The van der Waals surface area contributed by atoms with Crippen LogP contribution in [0.2, 0.25) is 18.1 Å². The number of aromatic amines is 1. The number of benzene rings is 1. The van der Waals surface area contributed by atoms with Crippen molar-refractivity contribution in [1.29, 1.82) is 0 Å². The number of likely N-dealkylation sites (tertiary alicyclic amines) is 1. The van der Waals surface area contributed by atoms with Gasteiger partial charge in [-0.25, -0.2) is 0 Å². The Morgan fingerprint density at radius 2 is 2.00 bits per heavy atom. The van der Waals surface area contributed by atoms with Gasteiger partial charge in [0.25, 0.3) is 0 Å². The number of nitrogens with zero attached hydrogens (tertiary/aromatic N) is 2. The van der Waals surface area contributed by atoms with E-state index < -0.39 is 8.32 Å². The number of hydrogen-bond donors (Lipinski definition) is 4. The number of aromatic nitrogens is 1. The summed E-state index contributed by atoms with van der Waals surface area (Å²) in [5, 5.41) is 18.2. The predicted molar refractivity (Wildman–Crippen MR) is 198 cm³/mol. The molecular weight excluding hydrogens is 639 g/mol. The van der Waals surface area contributed by atoms with Crippen LogP contribution < -0.4 is 16.2 Å². The van der Waals surface area contributed by atoms with Crippen LogP contribution in [0, 0.1) is 0 Å². The standard InChI is InChI=1S/C37H59N5O6Si/c1-8-9-10-11-34(42-21-17-37(18-22-42)27-39-20-25-47-37)46-24-16-33(45)41(5)23-19-38-26-31(48-49(6,7)36(2,3)4)28-12-14-30(43)35-29(28)13-15-32(44)40-35/h8-10,12-15,31,34,38-39,43H,1,11,16-27H2,2-7H3,(H,40,44)/b10-9-/t31-,34?/m0/s1. The number of phenolic OH excluding ortho intramolecular Hbond substituents is 1. The Balaban J connectivity index is 1.30. The summed E-state index contributed by atoms with van der Waals surface area (Å²) in [6, 6.07) is 6.69. The molecule has 0 aliphatic carbocycles. The number of H-pyrrole nitrogens is 1. The largest absolute Gasteiger partial charge is 0.506 e. The Bertz CT molecular complexity index is 1470. The van der Waals surface area contributed by atoms with Crippen molar-refractivity contribution in [3.05, 3.63) is 65.0 Å². The summed E-state index contributed by atoms with van der Waals surface area (Å²) in [7, 11) is -0.372. The minimum atomic E-state index is -2.20. The van der Waals surface area contributed by atoms with Gasteiger partial charge in [0.1, 0.15) is 12.0 Å². The van der Waals surface area contributed by atoms with Crippen LogP contribution in [0.25, 0.3) is 10.9 Å². The highest BCUT2D eigenvalue weighted by atomic mass is 28.4. The molecule has 0 saturated carbocycles. The second-order valence-corrected chi connectivity index (χ2v) is 19.6. The van der Waals surface area contributed by atoms with E-state index in [0.29, 0.717) is 38.2 Å². The fourth-order valence-electron chi connectivity index (χ4n) is 6.23. The van der Waals surface area contributed by atoms with Gasteiger partial charge in [0.15, 0.2) is 8.32 Å². The van der Waals surface area contributed by atoms with Gasteiger partial charge in [-0.2, -0.15) is 0 Å². The zero-order valence-corrected chi connectivity index (χ0v) is 31.5. The molecule has 2 saturated heterocycles. The van der Waals surface area contributed by atoms with Gasteiger partial charge in [0.2, 0.25) is 11.5 Å². The smallest absolute Gasteiger partial charge is 0.248 e. The quantitative estimate of drug-likeness (QED) is 0.113. The van der Waals surface area contributed by atoms with E-state index in [1.54, 1.807) is 23.1 Å². The third-order valence-electron chi connectivity index (χ3n) is 10.4. The number of phenols is 1. The lowest BCUT2D eigenvalue weighted by Crippen LogP contribution is -2.57. The number of carbonyl (C=O) groups is 1. The number of rotatable bonds is 16. The molecule has 1 aromatic carbocycles. The van der Waals surface area contributed by atoms with Crippen LogP contribution in [-0.4, -0.2) is 112 Å². The molecule has 2 atom stereocenters. The molecule has 2 aliphatic rings. The Morgan fingerprint density at radius 1 is 1.24 bits per heavy atom. The number of amides is 1. The first-order valence-electron chi connectivity index (χ1n) is 17.7. The highest BCUT2D eigenvalue weighted by molar-refractivity contribution is 6.74. The minimum Gasteiger partial charge on any atom is -0.506 e. The van der Waals surface area contributed by atoms with Crippen molar-refractivity contribution < 1.29 is 23.8 Å². The van der Waals surface area contributed by atoms with Crippen molar-refractivity contribution in [2.45, 2.75) is 82.5 Å². The summed E-state index contributed by atoms with van der Waals surface area (Å²) in [5.41, 5.74) is 0.954. The molecule has 0 radical (unpaired) electrons. The molecule has 4 N–H and O–H groups in total. The average molecular weight is 698 g/mol. The van der Waals surface area contributed by atoms with Gasteiger partial charge in [-0.05, 0) is 48.7 Å². The van der Waals surface area contributed by atoms with Crippen molar-refractivity contribution >= 4 is 25.1 Å². The number of morpholine rings is 1. The second kappa shape index (κ2) is 17.4. The van der Waals surface area contributed by atoms with Crippen molar-refractivity contribution in [3.63, 3.8) is 0 Å². The fraction of sp³-hybridized carbons (Fsp3) is 0.622. The number of ether oxygens (including phenoxy) is 2. The van der Waals surface area contributed by atoms with E-state index in [-0.39, 0.29) is 40.2 Å². The van der Waals surface area contributed by atoms with Crippen LogP contribution in [0.15, 0.2) is 53.9 Å². The molecule has 2 aliphatic heterocycles. The SMILES string of the molecule is C=C/C=C\CC(OCCC(=O)N(C)CCNC[C@H](O[Si](C)(C)C(C)(C)C)c1ccc(O)c2[nH]c(=O)ccc12)N1CCC2(CC1)CNCCO2. The number of carbonyl (C=O) groups excluding carboxylic acids is 1. The van der Waals surface area contributed by atoms with E-state index in [1.807, 2.05) is 19.2 Å². The summed E-state index contributed by atoms with van der Waals surface area (Å²) < 4.78 is 19.4. The third-order valence-corrected chi connectivity index (χ3v) is 14.8. The Kier molecular flexibility index (Phi) is 13.8. The first kappa shape index (κ1) is 39.0. The van der Waals surface area contributed by atoms with Gasteiger partial charge in [0, 0.05) is 70.7 Å². The van der Waals surface area contributed by atoms with E-state index in [9.17, 15) is 14.7 Å². The third kappa shape index (κ3) is 10.6. The number of aromatic hydroxyl groups is 1. The molecule has 11 nitrogen and oxygen atoms in total. The number of hydrogen-bond acceptors (Lipinski definition) is 9. The monoisotopic (exact) mass is 697 g/mol. The van der Waals surface area contributed by atoms with Gasteiger partial charge < -0.3 is 39.5 Å². The number of fused-ring (bicyclic) bond motifs is 1. The molecule has 1 amide bonds. The molecule has 2 aromatic rings. The van der Waals surface area contributed by atoms with Crippen molar-refractivity contribution in [2.24, 2.45) is 0 Å². The maximum Gasteiger partial charge on any atom is 0.248 e. The normalized spacial score (nSPS) is 18.6. The van der Waals surface area contributed by atoms with Crippen LogP contribution in [0.5, 0.6) is 5.75 Å². The summed E-state index contributed by atoms with van der Waals surface area (Å²) in [4.78, 5) is 32.0. The Hall–Kier alpha value is -2.84. The van der Waals surface area contributed by atoms with E-state index >= 15 is 0 Å². The molecule has 1 aromatic heterocycles. The van der Waals surface area contributed by atoms with E-state index in [0.717, 1.165) is 63.0 Å². The average Bonchev–Trinajstić information content (AvgIpc) is 3.06. The van der Waals surface area contributed by atoms with Crippen molar-refractivity contribution in [1.82, 2.24) is 25.4 Å². The lowest BCUT2D eigenvalue weighted by Gasteiger charge is -2.45. The topological polar surface area (TPSA) is 128 Å². The molecule has 3 heterocycles. The molecule has 1 unspecified atom stereocenters. The number of pyridine rings is 1. The fourth-order valence-corrected chi connectivity index (χ4v) is 7.50. The highest BCUT2D eigenvalue weighted by Gasteiger charge is 2.40. The number of piperidine rings is 1. The van der Waals surface area contributed by atoms with Crippen LogP contribution in [-0.2, 0) is 18.7 Å². The highest BCUT2D eigenvalue weighted by Crippen LogP contribution is 2.41. The van der Waals surface area contributed by atoms with E-state index in [2.05, 4.69) is 67.0 Å². The molecule has 12 heteroatoms.